The Balaban J connectivity index is 1.37. The van der Waals surface area contributed by atoms with Crippen molar-refractivity contribution in [3.05, 3.63) is 70.8 Å². The molecule has 0 aromatic heterocycles. The van der Waals surface area contributed by atoms with E-state index in [1.54, 1.807) is 29.2 Å². The molecule has 2 aliphatic rings. The van der Waals surface area contributed by atoms with Crippen molar-refractivity contribution in [2.45, 2.75) is 37.5 Å². The van der Waals surface area contributed by atoms with Crippen LogP contribution in [0.15, 0.2) is 48.5 Å². The number of likely N-dealkylation sites (tertiary alicyclic amines) is 1. The van der Waals surface area contributed by atoms with Crippen LogP contribution in [0.1, 0.15) is 45.8 Å². The molecule has 2 saturated heterocycles. The lowest BCUT2D eigenvalue weighted by atomic mass is 9.88. The van der Waals surface area contributed by atoms with Crippen molar-refractivity contribution in [1.82, 2.24) is 4.90 Å². The fourth-order valence-electron chi connectivity index (χ4n) is 4.08. The highest BCUT2D eigenvalue weighted by Gasteiger charge is 2.31. The highest BCUT2D eigenvalue weighted by atomic mass is 19.4. The second-order valence-corrected chi connectivity index (χ2v) is 8.17. The van der Waals surface area contributed by atoms with E-state index in [1.165, 1.54) is 12.1 Å². The van der Waals surface area contributed by atoms with E-state index in [9.17, 15) is 22.8 Å². The Morgan fingerprint density at radius 1 is 1.00 bits per heavy atom. The second-order valence-electron chi connectivity index (χ2n) is 8.17. The third-order valence-electron chi connectivity index (χ3n) is 5.98. The van der Waals surface area contributed by atoms with Gasteiger partial charge in [0.1, 0.15) is 6.10 Å². The molecule has 2 fully saturated rings. The smallest absolute Gasteiger partial charge is 0.416 e. The summed E-state index contributed by atoms with van der Waals surface area (Å²) in [4.78, 5) is 27.0. The number of halogens is 3. The van der Waals surface area contributed by atoms with Gasteiger partial charge in [-0.25, -0.2) is 0 Å². The van der Waals surface area contributed by atoms with Crippen LogP contribution in [0.4, 0.5) is 13.2 Å². The van der Waals surface area contributed by atoms with E-state index in [0.29, 0.717) is 50.3 Å². The third-order valence-corrected chi connectivity index (χ3v) is 5.98. The van der Waals surface area contributed by atoms with E-state index in [0.717, 1.165) is 17.7 Å². The van der Waals surface area contributed by atoms with E-state index in [-0.39, 0.29) is 30.3 Å². The molecule has 2 aromatic rings. The summed E-state index contributed by atoms with van der Waals surface area (Å²) >= 11 is 0. The molecule has 0 bridgehead atoms. The van der Waals surface area contributed by atoms with Gasteiger partial charge in [-0.15, -0.1) is 0 Å². The van der Waals surface area contributed by atoms with Gasteiger partial charge in [-0.3, -0.25) is 9.59 Å². The van der Waals surface area contributed by atoms with Gasteiger partial charge in [0.2, 0.25) is 0 Å². The summed E-state index contributed by atoms with van der Waals surface area (Å²) in [5.41, 5.74) is 1.29. The van der Waals surface area contributed by atoms with Crippen molar-refractivity contribution in [3.63, 3.8) is 0 Å². The topological polar surface area (TPSA) is 55.8 Å². The normalized spacial score (nSPS) is 17.7. The zero-order valence-electron chi connectivity index (χ0n) is 17.4. The number of benzene rings is 2. The number of alkyl halides is 3. The fourth-order valence-corrected chi connectivity index (χ4v) is 4.08. The molecule has 0 spiro atoms. The molecule has 0 unspecified atom stereocenters. The molecule has 1 amide bonds. The Bertz CT molecular complexity index is 962. The predicted molar refractivity (Wildman–Crippen MR) is 110 cm³/mol. The lowest BCUT2D eigenvalue weighted by Gasteiger charge is -2.33. The number of esters is 1. The molecule has 0 atom stereocenters. The summed E-state index contributed by atoms with van der Waals surface area (Å²) in [6.45, 7) is 1.81. The fraction of sp³-hybridized carbons (Fsp3) is 0.417. The van der Waals surface area contributed by atoms with Gasteiger partial charge in [-0.05, 0) is 48.1 Å². The van der Waals surface area contributed by atoms with E-state index >= 15 is 0 Å². The minimum absolute atomic E-state index is 0.0143. The highest BCUT2D eigenvalue weighted by molar-refractivity contribution is 5.96. The van der Waals surface area contributed by atoms with Gasteiger partial charge in [0, 0.05) is 18.7 Å². The predicted octanol–water partition coefficient (Wildman–Crippen LogP) is 4.21. The number of ether oxygens (including phenoxy) is 2. The van der Waals surface area contributed by atoms with Gasteiger partial charge in [-0.1, -0.05) is 30.3 Å². The molecule has 0 saturated carbocycles. The Labute approximate surface area is 184 Å². The van der Waals surface area contributed by atoms with Crippen LogP contribution < -0.4 is 0 Å². The van der Waals surface area contributed by atoms with Crippen molar-refractivity contribution in [3.8, 4) is 0 Å². The van der Waals surface area contributed by atoms with Crippen LogP contribution in [0.25, 0.3) is 0 Å². The minimum atomic E-state index is -4.35. The zero-order chi connectivity index (χ0) is 22.7. The summed E-state index contributed by atoms with van der Waals surface area (Å²) in [5.74, 6) is -0.429. The molecule has 2 aromatic carbocycles. The standard InChI is InChI=1S/C24H24F3NO4/c25-24(26,27)19-7-5-16(6-8-19)17-9-11-28(12-10-17)23(30)21-4-2-1-3-18(21)13-22(29)32-20-14-31-15-20/h1-8,17,20H,9-15H2. The Morgan fingerprint density at radius 3 is 2.25 bits per heavy atom. The summed E-state index contributed by atoms with van der Waals surface area (Å²) in [5, 5.41) is 0. The molecule has 5 nitrogen and oxygen atoms in total. The van der Waals surface area contributed by atoms with E-state index in [2.05, 4.69) is 0 Å². The number of hydrogen-bond acceptors (Lipinski definition) is 4. The maximum Gasteiger partial charge on any atom is 0.416 e. The summed E-state index contributed by atoms with van der Waals surface area (Å²) < 4.78 is 48.6. The Kier molecular flexibility index (Phi) is 6.50. The van der Waals surface area contributed by atoms with Gasteiger partial charge in [0.15, 0.2) is 0 Å². The number of carbonyl (C=O) groups is 2. The second kappa shape index (κ2) is 9.32. The monoisotopic (exact) mass is 447 g/mol. The third kappa shape index (κ3) is 5.12. The largest absolute Gasteiger partial charge is 0.457 e. The number of rotatable bonds is 5. The molecule has 32 heavy (non-hydrogen) atoms. The van der Waals surface area contributed by atoms with Crippen LogP contribution in [-0.4, -0.2) is 49.2 Å². The number of nitrogens with zero attached hydrogens (tertiary/aromatic N) is 1. The summed E-state index contributed by atoms with van der Waals surface area (Å²) in [7, 11) is 0. The Morgan fingerprint density at radius 2 is 1.66 bits per heavy atom. The SMILES string of the molecule is O=C(Cc1ccccc1C(=O)N1CCC(c2ccc(C(F)(F)F)cc2)CC1)OC1COC1. The maximum absolute atomic E-state index is 13.1. The number of carbonyl (C=O) groups excluding carboxylic acids is 2. The van der Waals surface area contributed by atoms with Crippen LogP contribution in [0.2, 0.25) is 0 Å². The van der Waals surface area contributed by atoms with Crippen molar-refractivity contribution >= 4 is 11.9 Å². The number of hydrogen-bond donors (Lipinski definition) is 0. The van der Waals surface area contributed by atoms with Crippen molar-refractivity contribution in [1.29, 1.82) is 0 Å². The van der Waals surface area contributed by atoms with E-state index in [4.69, 9.17) is 9.47 Å². The molecule has 2 aliphatic heterocycles. The van der Waals surface area contributed by atoms with Crippen LogP contribution in [0.3, 0.4) is 0 Å². The van der Waals surface area contributed by atoms with E-state index in [1.807, 2.05) is 0 Å². The first-order valence-corrected chi connectivity index (χ1v) is 10.6. The lowest BCUT2D eigenvalue weighted by Crippen LogP contribution is -2.39. The Hall–Kier alpha value is -2.87. The van der Waals surface area contributed by atoms with Crippen LogP contribution in [-0.2, 0) is 26.9 Å². The molecule has 170 valence electrons. The van der Waals surface area contributed by atoms with Gasteiger partial charge in [-0.2, -0.15) is 13.2 Å². The van der Waals surface area contributed by atoms with Crippen LogP contribution in [0.5, 0.6) is 0 Å². The molecule has 2 heterocycles. The minimum Gasteiger partial charge on any atom is -0.457 e. The first kappa shape index (κ1) is 22.3. The quantitative estimate of drug-likeness (QED) is 0.645. The van der Waals surface area contributed by atoms with Crippen molar-refractivity contribution in [2.75, 3.05) is 26.3 Å². The van der Waals surface area contributed by atoms with Gasteiger partial charge < -0.3 is 14.4 Å². The van der Waals surface area contributed by atoms with E-state index < -0.39 is 11.7 Å². The maximum atomic E-state index is 13.1. The summed E-state index contributed by atoms with van der Waals surface area (Å²) in [6, 6.07) is 12.3. The first-order valence-electron chi connectivity index (χ1n) is 10.6. The molecule has 0 aliphatic carbocycles. The van der Waals surface area contributed by atoms with Crippen molar-refractivity contribution in [2.24, 2.45) is 0 Å². The molecular weight excluding hydrogens is 423 g/mol. The summed E-state index contributed by atoms with van der Waals surface area (Å²) in [6.07, 6.45) is -3.21. The van der Waals surface area contributed by atoms with Crippen LogP contribution in [0, 0.1) is 0 Å². The average Bonchev–Trinajstić information content (AvgIpc) is 2.76. The van der Waals surface area contributed by atoms with Gasteiger partial charge in [0.25, 0.3) is 5.91 Å². The molecule has 0 radical (unpaired) electrons. The van der Waals surface area contributed by atoms with Gasteiger partial charge >= 0.3 is 12.1 Å². The lowest BCUT2D eigenvalue weighted by molar-refractivity contribution is -0.171. The number of piperidine rings is 1. The van der Waals surface area contributed by atoms with Crippen LogP contribution >= 0.6 is 0 Å². The average molecular weight is 447 g/mol. The molecule has 0 N–H and O–H groups in total. The molecular formula is C24H24F3NO4. The van der Waals surface area contributed by atoms with Crippen molar-refractivity contribution < 1.29 is 32.2 Å². The van der Waals surface area contributed by atoms with Gasteiger partial charge in [0.05, 0.1) is 25.2 Å². The zero-order valence-corrected chi connectivity index (χ0v) is 17.4. The molecule has 8 heteroatoms. The molecule has 4 rings (SSSR count). The first-order chi connectivity index (χ1) is 15.3. The number of amides is 1. The highest BCUT2D eigenvalue weighted by Crippen LogP contribution is 2.33.